The van der Waals surface area contributed by atoms with Crippen LogP contribution in [0.2, 0.25) is 0 Å². The number of hydrogen-bond donors (Lipinski definition) is 1. The monoisotopic (exact) mass is 627 g/mol. The molecular weight excluding hydrogens is 586 g/mol. The van der Waals surface area contributed by atoms with E-state index in [0.29, 0.717) is 11.4 Å². The molecule has 0 bridgehead atoms. The second-order valence-electron chi connectivity index (χ2n) is 9.66. The number of esters is 2. The molecule has 0 atom stereocenters. The molecule has 4 rings (SSSR count). The number of benzene rings is 2. The van der Waals surface area contributed by atoms with E-state index >= 15 is 0 Å². The van der Waals surface area contributed by atoms with Gasteiger partial charge in [-0.15, -0.1) is 0 Å². The van der Waals surface area contributed by atoms with Crippen molar-refractivity contribution in [3.63, 3.8) is 0 Å². The number of hydrazone groups is 1. The Morgan fingerprint density at radius 3 is 1.89 bits per heavy atom. The number of aromatic amines is 1. The van der Waals surface area contributed by atoms with Gasteiger partial charge in [0.1, 0.15) is 0 Å². The Balaban J connectivity index is 0.000000738. The molecular formula is C35H41N5O6. The molecule has 1 amide bonds. The van der Waals surface area contributed by atoms with Crippen LogP contribution in [0, 0.1) is 0 Å². The number of anilines is 1. The molecule has 1 aliphatic rings. The largest absolute Gasteiger partial charge is 0.461 e. The lowest BCUT2D eigenvalue weighted by atomic mass is 10.1. The van der Waals surface area contributed by atoms with Crippen LogP contribution in [0.3, 0.4) is 0 Å². The van der Waals surface area contributed by atoms with Crippen molar-refractivity contribution in [3.05, 3.63) is 112 Å². The molecule has 1 N–H and O–H groups in total. The van der Waals surface area contributed by atoms with Gasteiger partial charge in [0.25, 0.3) is 11.5 Å². The molecule has 1 aliphatic heterocycles. The number of hydrogen-bond acceptors (Lipinski definition) is 8. The Kier molecular flexibility index (Phi) is 13.7. The second-order valence-corrected chi connectivity index (χ2v) is 9.66. The highest BCUT2D eigenvalue weighted by atomic mass is 16.5. The second kappa shape index (κ2) is 17.9. The number of carbonyl (C=O) groups excluding carboxylic acids is 3. The number of aromatic nitrogens is 2. The molecule has 1 aromatic heterocycles. The highest BCUT2D eigenvalue weighted by Crippen LogP contribution is 2.24. The fourth-order valence-electron chi connectivity index (χ4n) is 4.42. The van der Waals surface area contributed by atoms with Crippen molar-refractivity contribution in [2.24, 2.45) is 5.10 Å². The van der Waals surface area contributed by atoms with Crippen LogP contribution in [-0.2, 0) is 19.1 Å². The predicted molar refractivity (Wildman–Crippen MR) is 180 cm³/mol. The predicted octanol–water partition coefficient (Wildman–Crippen LogP) is 5.15. The normalized spacial score (nSPS) is 13.8. The van der Waals surface area contributed by atoms with Crippen molar-refractivity contribution in [2.75, 3.05) is 37.9 Å². The Morgan fingerprint density at radius 1 is 0.783 bits per heavy atom. The minimum atomic E-state index is -0.715. The summed E-state index contributed by atoms with van der Waals surface area (Å²) in [5.41, 5.74) is 0.688. The topological polar surface area (TPSA) is 126 Å². The van der Waals surface area contributed by atoms with Crippen molar-refractivity contribution >= 4 is 35.3 Å². The summed E-state index contributed by atoms with van der Waals surface area (Å²) in [4.78, 5) is 53.5. The van der Waals surface area contributed by atoms with E-state index in [0.717, 1.165) is 5.01 Å². The quantitative estimate of drug-likeness (QED) is 0.167. The third kappa shape index (κ3) is 8.89. The van der Waals surface area contributed by atoms with Gasteiger partial charge in [-0.25, -0.2) is 14.3 Å². The summed E-state index contributed by atoms with van der Waals surface area (Å²) in [7, 11) is 0. The van der Waals surface area contributed by atoms with E-state index in [1.807, 2.05) is 6.07 Å². The Morgan fingerprint density at radius 2 is 1.35 bits per heavy atom. The first-order valence-electron chi connectivity index (χ1n) is 15.3. The highest BCUT2D eigenvalue weighted by Gasteiger charge is 2.35. The number of nitrogens with zero attached hydrogens (tertiary/aromatic N) is 4. The van der Waals surface area contributed by atoms with Crippen LogP contribution in [0.25, 0.3) is 11.8 Å². The molecule has 0 saturated heterocycles. The maximum absolute atomic E-state index is 13.1. The lowest BCUT2D eigenvalue weighted by Gasteiger charge is -2.13. The summed E-state index contributed by atoms with van der Waals surface area (Å²) in [5.74, 6) is -1.87. The summed E-state index contributed by atoms with van der Waals surface area (Å²) in [6.45, 7) is 13.7. The van der Waals surface area contributed by atoms with E-state index in [4.69, 9.17) is 9.47 Å². The first-order valence-corrected chi connectivity index (χ1v) is 15.3. The molecule has 0 aliphatic carbocycles. The molecule has 11 heteroatoms. The molecule has 0 saturated carbocycles. The van der Waals surface area contributed by atoms with E-state index in [-0.39, 0.29) is 35.8 Å². The molecule has 2 aromatic carbocycles. The molecule has 46 heavy (non-hydrogen) atoms. The highest BCUT2D eigenvalue weighted by molar-refractivity contribution is 6.53. The number of allylic oxidation sites excluding steroid dienone is 4. The number of ether oxygens (including phenoxy) is 2. The Bertz CT molecular complexity index is 1640. The van der Waals surface area contributed by atoms with E-state index < -0.39 is 23.4 Å². The smallest absolute Gasteiger partial charge is 0.359 e. The summed E-state index contributed by atoms with van der Waals surface area (Å²) in [6.07, 6.45) is 7.53. The van der Waals surface area contributed by atoms with Gasteiger partial charge in [0.15, 0.2) is 11.4 Å². The van der Waals surface area contributed by atoms with Gasteiger partial charge in [-0.2, -0.15) is 10.1 Å². The fourth-order valence-corrected chi connectivity index (χ4v) is 4.42. The minimum Gasteiger partial charge on any atom is -0.461 e. The summed E-state index contributed by atoms with van der Waals surface area (Å²) < 4.78 is 11.4. The summed E-state index contributed by atoms with van der Waals surface area (Å²) >= 11 is 0. The standard InChI is InChI=1S/C29H26N4O6.C6H15N/c1-3-38-28(36)24-22(26(34)32(30-24)20-14-8-5-9-15-20)18-12-7-13-19-23-25(29(37)39-4-2)31-33(27(23)35)21-16-10-6-11-17-21;1-4-7(5-2)6-3/h5-19,30H,3-4H2,1-2H3;4-6H2,1-3H3. The molecule has 0 radical (unpaired) electrons. The zero-order chi connectivity index (χ0) is 33.5. The summed E-state index contributed by atoms with van der Waals surface area (Å²) in [5, 5.41) is 8.14. The van der Waals surface area contributed by atoms with Crippen LogP contribution in [0.4, 0.5) is 5.69 Å². The van der Waals surface area contributed by atoms with Crippen molar-refractivity contribution < 1.29 is 23.9 Å². The van der Waals surface area contributed by atoms with E-state index in [1.54, 1.807) is 74.5 Å². The van der Waals surface area contributed by atoms with Gasteiger partial charge in [0.05, 0.1) is 35.7 Å². The van der Waals surface area contributed by atoms with Crippen LogP contribution in [-0.4, -0.2) is 71.1 Å². The molecule has 0 fully saturated rings. The van der Waals surface area contributed by atoms with Gasteiger partial charge in [0.2, 0.25) is 0 Å². The number of carbonyl (C=O) groups is 3. The van der Waals surface area contributed by atoms with Gasteiger partial charge in [-0.1, -0.05) is 75.4 Å². The molecule has 0 spiro atoms. The lowest BCUT2D eigenvalue weighted by molar-refractivity contribution is -0.135. The SMILES string of the molecule is CCN(CC)CC.CCOC(=O)C1=NN(c2ccccc2)C(=O)C1=CC=CC=Cc1c(C(=O)OCC)[nH]n(-c2ccccc2)c1=O. The van der Waals surface area contributed by atoms with Crippen LogP contribution < -0.4 is 10.6 Å². The van der Waals surface area contributed by atoms with Crippen molar-refractivity contribution in [3.8, 4) is 5.69 Å². The van der Waals surface area contributed by atoms with Gasteiger partial charge in [-0.3, -0.25) is 14.7 Å². The van der Waals surface area contributed by atoms with Crippen LogP contribution in [0.15, 0.2) is 100 Å². The summed E-state index contributed by atoms with van der Waals surface area (Å²) in [6, 6.07) is 17.5. The third-order valence-corrected chi connectivity index (χ3v) is 6.86. The molecule has 242 valence electrons. The van der Waals surface area contributed by atoms with E-state index in [2.05, 4.69) is 35.9 Å². The number of nitrogens with one attached hydrogen (secondary N) is 1. The average Bonchev–Trinajstić information content (AvgIpc) is 3.59. The number of H-pyrrole nitrogens is 1. The first-order chi connectivity index (χ1) is 22.3. The number of rotatable bonds is 12. The lowest BCUT2D eigenvalue weighted by Crippen LogP contribution is -2.22. The molecule has 3 aromatic rings. The van der Waals surface area contributed by atoms with Gasteiger partial charge >= 0.3 is 11.9 Å². The Hall–Kier alpha value is -5.29. The van der Waals surface area contributed by atoms with Crippen molar-refractivity contribution in [2.45, 2.75) is 34.6 Å². The van der Waals surface area contributed by atoms with Gasteiger partial charge in [0, 0.05) is 0 Å². The van der Waals surface area contributed by atoms with Crippen molar-refractivity contribution in [1.82, 2.24) is 14.7 Å². The van der Waals surface area contributed by atoms with Crippen LogP contribution in [0.1, 0.15) is 50.7 Å². The fraction of sp³-hybridized carbons (Fsp3) is 0.286. The van der Waals surface area contributed by atoms with E-state index in [1.165, 1.54) is 48.6 Å². The zero-order valence-electron chi connectivity index (χ0n) is 26.9. The maximum Gasteiger partial charge on any atom is 0.359 e. The van der Waals surface area contributed by atoms with Crippen LogP contribution in [0.5, 0.6) is 0 Å². The molecule has 0 unspecified atom stereocenters. The number of para-hydroxylation sites is 2. The zero-order valence-corrected chi connectivity index (χ0v) is 26.9. The number of amides is 1. The average molecular weight is 628 g/mol. The maximum atomic E-state index is 13.1. The third-order valence-electron chi connectivity index (χ3n) is 6.86. The molecule has 11 nitrogen and oxygen atoms in total. The first kappa shape index (κ1) is 35.2. The van der Waals surface area contributed by atoms with E-state index in [9.17, 15) is 19.2 Å². The van der Waals surface area contributed by atoms with Crippen molar-refractivity contribution in [1.29, 1.82) is 0 Å². The van der Waals surface area contributed by atoms with Gasteiger partial charge in [-0.05, 0) is 69.9 Å². The minimum absolute atomic E-state index is 0.00918. The molecule has 2 heterocycles. The Labute approximate surface area is 269 Å². The van der Waals surface area contributed by atoms with Crippen LogP contribution >= 0.6 is 0 Å². The van der Waals surface area contributed by atoms with Gasteiger partial charge < -0.3 is 14.4 Å².